The van der Waals surface area contributed by atoms with E-state index in [9.17, 15) is 13.2 Å². The van der Waals surface area contributed by atoms with Crippen molar-refractivity contribution in [2.75, 3.05) is 11.0 Å². The molecule has 0 aromatic heterocycles. The first kappa shape index (κ1) is 16.0. The van der Waals surface area contributed by atoms with Gasteiger partial charge in [0.15, 0.2) is 0 Å². The second kappa shape index (κ2) is 7.55. The van der Waals surface area contributed by atoms with Gasteiger partial charge in [-0.15, -0.1) is 0 Å². The number of ether oxygens (including phenoxy) is 1. The Labute approximate surface area is 123 Å². The third-order valence-electron chi connectivity index (χ3n) is 2.28. The molecule has 1 aromatic carbocycles. The van der Waals surface area contributed by atoms with Crippen molar-refractivity contribution in [1.29, 1.82) is 0 Å². The Kier molecular flexibility index (Phi) is 6.73. The zero-order valence-electron chi connectivity index (χ0n) is 9.51. The van der Waals surface area contributed by atoms with E-state index in [0.717, 1.165) is 5.56 Å². The average molecular weight is 393 g/mol. The van der Waals surface area contributed by atoms with Gasteiger partial charge in [-0.25, -0.2) is 0 Å². The second-order valence-electron chi connectivity index (χ2n) is 3.79. The molecule has 0 N–H and O–H groups in total. The smallest absolute Gasteiger partial charge is 0.373 e. The highest BCUT2D eigenvalue weighted by Crippen LogP contribution is 2.25. The number of halogens is 5. The van der Waals surface area contributed by atoms with Gasteiger partial charge in [0.1, 0.15) is 0 Å². The summed E-state index contributed by atoms with van der Waals surface area (Å²) in [5.74, 6) is 0. The summed E-state index contributed by atoms with van der Waals surface area (Å²) in [5, 5.41) is 0.598. The van der Waals surface area contributed by atoms with Crippen molar-refractivity contribution < 1.29 is 17.9 Å². The maximum Gasteiger partial charge on any atom is 0.389 e. The monoisotopic (exact) mass is 392 g/mol. The molecule has 0 spiro atoms. The summed E-state index contributed by atoms with van der Waals surface area (Å²) in [4.78, 5) is 0. The fourth-order valence-corrected chi connectivity index (χ4v) is 2.40. The Morgan fingerprint density at radius 1 is 1.33 bits per heavy atom. The van der Waals surface area contributed by atoms with Gasteiger partial charge in [0.25, 0.3) is 0 Å². The number of hydrogen-bond donors (Lipinski definition) is 0. The van der Waals surface area contributed by atoms with Crippen LogP contribution in [0.1, 0.15) is 24.5 Å². The van der Waals surface area contributed by atoms with Gasteiger partial charge in [-0.05, 0) is 24.1 Å². The molecular formula is C12H13ClF3IO. The lowest BCUT2D eigenvalue weighted by atomic mass is 10.1. The largest absolute Gasteiger partial charge is 0.389 e. The summed E-state index contributed by atoms with van der Waals surface area (Å²) in [6.07, 6.45) is -5.15. The van der Waals surface area contributed by atoms with Gasteiger partial charge in [0.05, 0.1) is 6.10 Å². The fourth-order valence-electron chi connectivity index (χ4n) is 1.43. The van der Waals surface area contributed by atoms with Crippen LogP contribution in [0.2, 0.25) is 5.02 Å². The van der Waals surface area contributed by atoms with E-state index < -0.39 is 12.6 Å². The molecule has 6 heteroatoms. The molecule has 0 aliphatic heterocycles. The molecule has 1 nitrogen and oxygen atoms in total. The third-order valence-corrected chi connectivity index (χ3v) is 3.32. The lowest BCUT2D eigenvalue weighted by Crippen LogP contribution is -2.11. The Bertz CT molecular complexity index is 371. The predicted molar refractivity (Wildman–Crippen MR) is 74.3 cm³/mol. The Morgan fingerprint density at radius 2 is 2.06 bits per heavy atom. The van der Waals surface area contributed by atoms with Gasteiger partial charge >= 0.3 is 6.18 Å². The van der Waals surface area contributed by atoms with Crippen LogP contribution in [0.25, 0.3) is 0 Å². The molecule has 0 saturated carbocycles. The van der Waals surface area contributed by atoms with Crippen LogP contribution in [0.15, 0.2) is 24.3 Å². The topological polar surface area (TPSA) is 9.23 Å². The van der Waals surface area contributed by atoms with Gasteiger partial charge in [-0.1, -0.05) is 46.3 Å². The van der Waals surface area contributed by atoms with Crippen molar-refractivity contribution in [3.63, 3.8) is 0 Å². The molecule has 0 bridgehead atoms. The fraction of sp³-hybridized carbons (Fsp3) is 0.500. The van der Waals surface area contributed by atoms with Crippen LogP contribution < -0.4 is 0 Å². The molecular weight excluding hydrogens is 379 g/mol. The van der Waals surface area contributed by atoms with E-state index in [1.807, 2.05) is 6.07 Å². The van der Waals surface area contributed by atoms with Crippen LogP contribution in [0.4, 0.5) is 13.2 Å². The van der Waals surface area contributed by atoms with Crippen molar-refractivity contribution in [3.05, 3.63) is 34.9 Å². The molecule has 102 valence electrons. The second-order valence-corrected chi connectivity index (χ2v) is 5.10. The normalized spacial score (nSPS) is 13.6. The van der Waals surface area contributed by atoms with Crippen molar-refractivity contribution in [1.82, 2.24) is 0 Å². The molecule has 1 unspecified atom stereocenters. The van der Waals surface area contributed by atoms with Crippen LogP contribution in [0.5, 0.6) is 0 Å². The molecule has 18 heavy (non-hydrogen) atoms. The molecule has 0 saturated heterocycles. The van der Waals surface area contributed by atoms with E-state index in [1.54, 1.807) is 18.2 Å². The first-order chi connectivity index (χ1) is 8.42. The van der Waals surface area contributed by atoms with E-state index >= 15 is 0 Å². The maximum atomic E-state index is 12.0. The number of hydrogen-bond acceptors (Lipinski definition) is 1. The average Bonchev–Trinajstić information content (AvgIpc) is 2.27. The predicted octanol–water partition coefficient (Wildman–Crippen LogP) is 5.18. The minimum absolute atomic E-state index is 0.0167. The Balaban J connectivity index is 2.43. The van der Waals surface area contributed by atoms with E-state index in [4.69, 9.17) is 16.3 Å². The zero-order chi connectivity index (χ0) is 13.6. The molecule has 1 rings (SSSR count). The van der Waals surface area contributed by atoms with Gasteiger partial charge in [-0.2, -0.15) is 13.2 Å². The highest BCUT2D eigenvalue weighted by molar-refractivity contribution is 14.1. The minimum atomic E-state index is -4.11. The van der Waals surface area contributed by atoms with Crippen LogP contribution >= 0.6 is 34.2 Å². The summed E-state index contributed by atoms with van der Waals surface area (Å²) >= 11 is 8.00. The highest BCUT2D eigenvalue weighted by atomic mass is 127. The highest BCUT2D eigenvalue weighted by Gasteiger charge is 2.26. The number of benzene rings is 1. The van der Waals surface area contributed by atoms with Gasteiger partial charge < -0.3 is 4.74 Å². The Hall–Kier alpha value is -0.0100. The van der Waals surface area contributed by atoms with Crippen LogP contribution in [0, 0.1) is 0 Å². The van der Waals surface area contributed by atoms with Crippen LogP contribution in [-0.2, 0) is 4.74 Å². The summed E-state index contributed by atoms with van der Waals surface area (Å²) in [6.45, 7) is 0.0969. The lowest BCUT2D eigenvalue weighted by molar-refractivity contribution is -0.138. The maximum absolute atomic E-state index is 12.0. The SMILES string of the molecule is FC(F)(F)CCCOC(CI)c1cccc(Cl)c1. The summed E-state index contributed by atoms with van der Waals surface area (Å²) < 4.78 is 42.0. The first-order valence-electron chi connectivity index (χ1n) is 5.42. The zero-order valence-corrected chi connectivity index (χ0v) is 12.4. The third kappa shape index (κ3) is 6.24. The molecule has 1 aromatic rings. The quantitative estimate of drug-likeness (QED) is 0.368. The van der Waals surface area contributed by atoms with E-state index in [0.29, 0.717) is 9.45 Å². The van der Waals surface area contributed by atoms with E-state index in [1.165, 1.54) is 0 Å². The lowest BCUT2D eigenvalue weighted by Gasteiger charge is -2.16. The van der Waals surface area contributed by atoms with Gasteiger partial charge in [0, 0.05) is 22.5 Å². The van der Waals surface area contributed by atoms with Crippen molar-refractivity contribution in [2.45, 2.75) is 25.1 Å². The summed E-state index contributed by atoms with van der Waals surface area (Å²) in [7, 11) is 0. The van der Waals surface area contributed by atoms with Crippen molar-refractivity contribution in [3.8, 4) is 0 Å². The van der Waals surface area contributed by atoms with Crippen LogP contribution in [0.3, 0.4) is 0 Å². The number of rotatable bonds is 6. The molecule has 0 amide bonds. The van der Waals surface area contributed by atoms with Gasteiger partial charge in [0.2, 0.25) is 0 Å². The molecule has 0 radical (unpaired) electrons. The molecule has 0 heterocycles. The van der Waals surface area contributed by atoms with Crippen molar-refractivity contribution in [2.24, 2.45) is 0 Å². The summed E-state index contributed by atoms with van der Waals surface area (Å²) in [6, 6.07) is 7.18. The minimum Gasteiger partial charge on any atom is -0.373 e. The van der Waals surface area contributed by atoms with Gasteiger partial charge in [-0.3, -0.25) is 0 Å². The van der Waals surface area contributed by atoms with Crippen LogP contribution in [-0.4, -0.2) is 17.2 Å². The van der Waals surface area contributed by atoms with E-state index in [-0.39, 0.29) is 19.1 Å². The Morgan fingerprint density at radius 3 is 2.61 bits per heavy atom. The molecule has 1 atom stereocenters. The summed E-state index contributed by atoms with van der Waals surface area (Å²) in [5.41, 5.74) is 0.893. The molecule has 0 aliphatic carbocycles. The standard InChI is InChI=1S/C12H13ClF3IO/c13-10-4-1-3-9(7-10)11(8-17)18-6-2-5-12(14,15)16/h1,3-4,7,11H,2,5-6,8H2. The van der Waals surface area contributed by atoms with E-state index in [2.05, 4.69) is 22.6 Å². The molecule has 0 aliphatic rings. The molecule has 0 fully saturated rings. The first-order valence-corrected chi connectivity index (χ1v) is 7.32. The van der Waals surface area contributed by atoms with Crippen molar-refractivity contribution >= 4 is 34.2 Å². The number of alkyl halides is 4.